The summed E-state index contributed by atoms with van der Waals surface area (Å²) in [6.07, 6.45) is 0. The van der Waals surface area contributed by atoms with Gasteiger partial charge in [-0.25, -0.2) is 4.98 Å². The van der Waals surface area contributed by atoms with E-state index in [2.05, 4.69) is 15.3 Å². The number of aromatic nitrogens is 2. The van der Waals surface area contributed by atoms with Crippen molar-refractivity contribution in [3.05, 3.63) is 47.2 Å². The van der Waals surface area contributed by atoms with Crippen LogP contribution in [0.3, 0.4) is 0 Å². The molecule has 5 nitrogen and oxygen atoms in total. The lowest BCUT2D eigenvalue weighted by molar-refractivity contribution is 0.281. The summed E-state index contributed by atoms with van der Waals surface area (Å²) < 4.78 is 0. The zero-order chi connectivity index (χ0) is 13.0. The van der Waals surface area contributed by atoms with Gasteiger partial charge in [-0.15, -0.1) is 0 Å². The van der Waals surface area contributed by atoms with Gasteiger partial charge in [0.05, 0.1) is 6.61 Å². The van der Waals surface area contributed by atoms with Crippen LogP contribution < -0.4 is 11.1 Å². The molecule has 1 aromatic heterocycles. The molecule has 0 saturated carbocycles. The van der Waals surface area contributed by atoms with Crippen LogP contribution in [0.1, 0.15) is 16.8 Å². The second-order valence-electron chi connectivity index (χ2n) is 4.08. The number of benzene rings is 1. The van der Waals surface area contributed by atoms with Crippen LogP contribution in [0.4, 0.5) is 11.8 Å². The molecular weight excluding hydrogens is 228 g/mol. The number of rotatable bonds is 4. The SMILES string of the molecule is Cc1cc(NCc2cccc(CO)c2)nc(N)n1. The van der Waals surface area contributed by atoms with Crippen LogP contribution in [0.15, 0.2) is 30.3 Å². The molecule has 0 spiro atoms. The molecule has 0 aliphatic carbocycles. The predicted octanol–water partition coefficient (Wildman–Crippen LogP) is 1.47. The van der Waals surface area contributed by atoms with E-state index in [0.29, 0.717) is 12.4 Å². The minimum atomic E-state index is 0.0490. The molecule has 0 fully saturated rings. The topological polar surface area (TPSA) is 84.1 Å². The van der Waals surface area contributed by atoms with Gasteiger partial charge in [0.25, 0.3) is 0 Å². The van der Waals surface area contributed by atoms with Crippen molar-refractivity contribution in [3.63, 3.8) is 0 Å². The van der Waals surface area contributed by atoms with Crippen molar-refractivity contribution < 1.29 is 5.11 Å². The third kappa shape index (κ3) is 3.18. The molecule has 1 aromatic carbocycles. The maximum atomic E-state index is 9.06. The number of hydrogen-bond donors (Lipinski definition) is 3. The average molecular weight is 244 g/mol. The van der Waals surface area contributed by atoms with Crippen LogP contribution in [0.5, 0.6) is 0 Å². The minimum absolute atomic E-state index is 0.0490. The van der Waals surface area contributed by atoms with Gasteiger partial charge in [-0.3, -0.25) is 0 Å². The van der Waals surface area contributed by atoms with Crippen molar-refractivity contribution in [2.24, 2.45) is 0 Å². The third-order valence-electron chi connectivity index (χ3n) is 2.52. The van der Waals surface area contributed by atoms with Gasteiger partial charge in [0.15, 0.2) is 0 Å². The Morgan fingerprint density at radius 2 is 2.00 bits per heavy atom. The van der Waals surface area contributed by atoms with Gasteiger partial charge in [0, 0.05) is 18.3 Å². The van der Waals surface area contributed by atoms with Gasteiger partial charge in [0.1, 0.15) is 5.82 Å². The summed E-state index contributed by atoms with van der Waals surface area (Å²) >= 11 is 0. The molecule has 2 aromatic rings. The zero-order valence-corrected chi connectivity index (χ0v) is 10.2. The first-order valence-corrected chi connectivity index (χ1v) is 5.71. The van der Waals surface area contributed by atoms with Crippen molar-refractivity contribution >= 4 is 11.8 Å². The van der Waals surface area contributed by atoms with Crippen LogP contribution in [-0.4, -0.2) is 15.1 Å². The summed E-state index contributed by atoms with van der Waals surface area (Å²) in [5.74, 6) is 0.969. The first kappa shape index (κ1) is 12.3. The van der Waals surface area contributed by atoms with E-state index < -0.39 is 0 Å². The Hall–Kier alpha value is -2.14. The minimum Gasteiger partial charge on any atom is -0.392 e. The number of aryl methyl sites for hydroxylation is 1. The second kappa shape index (κ2) is 5.46. The van der Waals surface area contributed by atoms with Gasteiger partial charge >= 0.3 is 0 Å². The Balaban J connectivity index is 2.06. The summed E-state index contributed by atoms with van der Waals surface area (Å²) in [4.78, 5) is 8.11. The Labute approximate surface area is 106 Å². The van der Waals surface area contributed by atoms with E-state index in [-0.39, 0.29) is 12.6 Å². The van der Waals surface area contributed by atoms with Crippen LogP contribution in [0.2, 0.25) is 0 Å². The Morgan fingerprint density at radius 3 is 2.72 bits per heavy atom. The number of hydrogen-bond acceptors (Lipinski definition) is 5. The van der Waals surface area contributed by atoms with E-state index in [4.69, 9.17) is 10.8 Å². The van der Waals surface area contributed by atoms with Crippen molar-refractivity contribution in [1.29, 1.82) is 0 Å². The van der Waals surface area contributed by atoms with E-state index in [9.17, 15) is 0 Å². The fraction of sp³-hybridized carbons (Fsp3) is 0.231. The van der Waals surface area contributed by atoms with Crippen LogP contribution in [0.25, 0.3) is 0 Å². The summed E-state index contributed by atoms with van der Waals surface area (Å²) in [5, 5.41) is 12.2. The normalized spacial score (nSPS) is 10.3. The largest absolute Gasteiger partial charge is 0.392 e. The van der Waals surface area contributed by atoms with E-state index in [1.54, 1.807) is 0 Å². The van der Waals surface area contributed by atoms with Crippen LogP contribution in [-0.2, 0) is 13.2 Å². The molecule has 4 N–H and O–H groups in total. The van der Waals surface area contributed by atoms with Crippen molar-refractivity contribution in [2.75, 3.05) is 11.1 Å². The highest BCUT2D eigenvalue weighted by Gasteiger charge is 2.00. The highest BCUT2D eigenvalue weighted by molar-refractivity contribution is 5.41. The van der Waals surface area contributed by atoms with E-state index in [1.807, 2.05) is 37.3 Å². The summed E-state index contributed by atoms with van der Waals surface area (Å²) in [6, 6.07) is 9.58. The van der Waals surface area contributed by atoms with Gasteiger partial charge in [0.2, 0.25) is 5.95 Å². The van der Waals surface area contributed by atoms with Gasteiger partial charge < -0.3 is 16.2 Å². The lowest BCUT2D eigenvalue weighted by Gasteiger charge is -2.08. The maximum absolute atomic E-state index is 9.06. The predicted molar refractivity (Wildman–Crippen MR) is 70.9 cm³/mol. The Bertz CT molecular complexity index is 522. The number of nitrogens with zero attached hydrogens (tertiary/aromatic N) is 2. The number of nitrogens with two attached hydrogens (primary N) is 1. The smallest absolute Gasteiger partial charge is 0.222 e. The monoisotopic (exact) mass is 244 g/mol. The molecule has 0 unspecified atom stereocenters. The quantitative estimate of drug-likeness (QED) is 0.758. The zero-order valence-electron chi connectivity index (χ0n) is 10.2. The lowest BCUT2D eigenvalue weighted by atomic mass is 10.1. The Kier molecular flexibility index (Phi) is 3.74. The number of anilines is 2. The number of nitrogen functional groups attached to an aromatic ring is 1. The highest BCUT2D eigenvalue weighted by atomic mass is 16.3. The standard InChI is InChI=1S/C13H16N4O/c1-9-5-12(17-13(14)16-9)15-7-10-3-2-4-11(6-10)8-18/h2-6,18H,7-8H2,1H3,(H3,14,15,16,17). The molecule has 0 aliphatic heterocycles. The summed E-state index contributed by atoms with van der Waals surface area (Å²) in [6.45, 7) is 2.55. The van der Waals surface area contributed by atoms with Gasteiger partial charge in [-0.2, -0.15) is 4.98 Å². The van der Waals surface area contributed by atoms with E-state index in [0.717, 1.165) is 16.8 Å². The lowest BCUT2D eigenvalue weighted by Crippen LogP contribution is -2.05. The number of aliphatic hydroxyl groups is 1. The molecule has 0 aliphatic rings. The van der Waals surface area contributed by atoms with Gasteiger partial charge in [-0.1, -0.05) is 24.3 Å². The molecular formula is C13H16N4O. The molecule has 2 rings (SSSR count). The molecule has 5 heteroatoms. The molecule has 1 heterocycles. The first-order valence-electron chi connectivity index (χ1n) is 5.71. The molecule has 0 bridgehead atoms. The van der Waals surface area contributed by atoms with Crippen molar-refractivity contribution in [1.82, 2.24) is 9.97 Å². The third-order valence-corrected chi connectivity index (χ3v) is 2.52. The molecule has 0 saturated heterocycles. The Morgan fingerprint density at radius 1 is 1.22 bits per heavy atom. The molecule has 0 atom stereocenters. The summed E-state index contributed by atoms with van der Waals surface area (Å²) in [7, 11) is 0. The molecule has 0 amide bonds. The van der Waals surface area contributed by atoms with E-state index >= 15 is 0 Å². The first-order chi connectivity index (χ1) is 8.67. The van der Waals surface area contributed by atoms with Crippen molar-refractivity contribution in [2.45, 2.75) is 20.1 Å². The average Bonchev–Trinajstić information content (AvgIpc) is 2.35. The molecule has 0 radical (unpaired) electrons. The number of aliphatic hydroxyl groups excluding tert-OH is 1. The fourth-order valence-corrected chi connectivity index (χ4v) is 1.71. The van der Waals surface area contributed by atoms with Gasteiger partial charge in [-0.05, 0) is 18.1 Å². The van der Waals surface area contributed by atoms with Crippen molar-refractivity contribution in [3.8, 4) is 0 Å². The van der Waals surface area contributed by atoms with E-state index in [1.165, 1.54) is 0 Å². The maximum Gasteiger partial charge on any atom is 0.222 e. The summed E-state index contributed by atoms with van der Waals surface area (Å²) in [5.41, 5.74) is 8.38. The van der Waals surface area contributed by atoms with Crippen LogP contribution in [0, 0.1) is 6.92 Å². The molecule has 18 heavy (non-hydrogen) atoms. The molecule has 94 valence electrons. The van der Waals surface area contributed by atoms with Crippen LogP contribution >= 0.6 is 0 Å². The fourth-order valence-electron chi connectivity index (χ4n) is 1.71. The number of nitrogens with one attached hydrogen (secondary N) is 1. The highest BCUT2D eigenvalue weighted by Crippen LogP contribution is 2.10. The second-order valence-corrected chi connectivity index (χ2v) is 4.08.